The van der Waals surface area contributed by atoms with Gasteiger partial charge in [-0.25, -0.2) is 4.98 Å². The first kappa shape index (κ1) is 10.5. The molecule has 1 unspecified atom stereocenters. The van der Waals surface area contributed by atoms with E-state index < -0.39 is 0 Å². The summed E-state index contributed by atoms with van der Waals surface area (Å²) in [5, 5.41) is 1.19. The molecule has 88 valence electrons. The number of rotatable bonds is 2. The van der Waals surface area contributed by atoms with Crippen molar-refractivity contribution in [3.05, 3.63) is 10.6 Å². The van der Waals surface area contributed by atoms with Gasteiger partial charge in [0.15, 0.2) is 5.13 Å². The first-order valence-corrected chi connectivity index (χ1v) is 7.05. The van der Waals surface area contributed by atoms with E-state index in [2.05, 4.69) is 11.9 Å². The molecule has 0 radical (unpaired) electrons. The number of aromatic nitrogens is 1. The molecule has 1 saturated carbocycles. The topological polar surface area (TPSA) is 42.2 Å². The third-order valence-corrected chi connectivity index (χ3v) is 5.13. The van der Waals surface area contributed by atoms with E-state index >= 15 is 0 Å². The van der Waals surface area contributed by atoms with Crippen LogP contribution >= 0.6 is 11.3 Å². The number of thiazole rings is 1. The summed E-state index contributed by atoms with van der Waals surface area (Å²) in [6.07, 6.45) is 7.53. The highest BCUT2D eigenvalue weighted by Crippen LogP contribution is 2.37. The highest BCUT2D eigenvalue weighted by atomic mass is 32.1. The molecule has 1 aromatic heterocycles. The van der Waals surface area contributed by atoms with Crippen molar-refractivity contribution in [1.82, 2.24) is 4.98 Å². The lowest BCUT2D eigenvalue weighted by atomic mass is 9.92. The van der Waals surface area contributed by atoms with Crippen LogP contribution in [0.15, 0.2) is 0 Å². The molecule has 2 aliphatic carbocycles. The second-order valence-corrected chi connectivity index (χ2v) is 6.06. The van der Waals surface area contributed by atoms with Gasteiger partial charge in [-0.1, -0.05) is 0 Å². The van der Waals surface area contributed by atoms with Crippen LogP contribution in [-0.2, 0) is 6.42 Å². The molecule has 0 aromatic carbocycles. The van der Waals surface area contributed by atoms with Crippen LogP contribution in [0.25, 0.3) is 0 Å². The van der Waals surface area contributed by atoms with E-state index in [9.17, 15) is 0 Å². The third kappa shape index (κ3) is 1.64. The Morgan fingerprint density at radius 2 is 2.12 bits per heavy atom. The van der Waals surface area contributed by atoms with Gasteiger partial charge >= 0.3 is 0 Å². The van der Waals surface area contributed by atoms with Crippen LogP contribution in [-0.4, -0.2) is 18.1 Å². The molecule has 2 aliphatic rings. The van der Waals surface area contributed by atoms with E-state index in [-0.39, 0.29) is 6.04 Å². The Kier molecular flexibility index (Phi) is 2.64. The molecule has 0 saturated heterocycles. The Morgan fingerprint density at radius 1 is 1.31 bits per heavy atom. The number of nitrogens with zero attached hydrogens (tertiary/aromatic N) is 2. The van der Waals surface area contributed by atoms with Gasteiger partial charge in [-0.05, 0) is 38.5 Å². The lowest BCUT2D eigenvalue weighted by molar-refractivity contribution is 0.400. The van der Waals surface area contributed by atoms with Crippen molar-refractivity contribution in [1.29, 1.82) is 0 Å². The first-order chi connectivity index (χ1) is 7.75. The molecular weight excluding hydrogens is 218 g/mol. The summed E-state index contributed by atoms with van der Waals surface area (Å²) in [6.45, 7) is 0. The molecule has 4 heteroatoms. The number of hydrogen-bond donors (Lipinski definition) is 1. The van der Waals surface area contributed by atoms with Gasteiger partial charge in [0.1, 0.15) is 0 Å². The maximum atomic E-state index is 6.11. The van der Waals surface area contributed by atoms with Crippen molar-refractivity contribution >= 4 is 16.5 Å². The monoisotopic (exact) mass is 237 g/mol. The molecule has 0 amide bonds. The summed E-state index contributed by atoms with van der Waals surface area (Å²) in [5.41, 5.74) is 7.29. The molecule has 0 bridgehead atoms. The van der Waals surface area contributed by atoms with Gasteiger partial charge in [0.25, 0.3) is 0 Å². The van der Waals surface area contributed by atoms with Crippen LogP contribution in [0.5, 0.6) is 0 Å². The van der Waals surface area contributed by atoms with Crippen molar-refractivity contribution in [2.24, 2.45) is 5.73 Å². The quantitative estimate of drug-likeness (QED) is 0.859. The van der Waals surface area contributed by atoms with Crippen LogP contribution in [0.1, 0.15) is 48.7 Å². The minimum absolute atomic E-state index is 0.184. The maximum absolute atomic E-state index is 6.11. The van der Waals surface area contributed by atoms with Crippen LogP contribution in [0, 0.1) is 0 Å². The Labute approximate surface area is 101 Å². The van der Waals surface area contributed by atoms with Gasteiger partial charge in [-0.2, -0.15) is 0 Å². The molecule has 0 spiro atoms. The largest absolute Gasteiger partial charge is 0.348 e. The van der Waals surface area contributed by atoms with E-state index in [0.717, 1.165) is 12.5 Å². The molecule has 3 nitrogen and oxygen atoms in total. The van der Waals surface area contributed by atoms with Crippen molar-refractivity contribution in [3.63, 3.8) is 0 Å². The lowest BCUT2D eigenvalue weighted by Gasteiger charge is -2.34. The van der Waals surface area contributed by atoms with E-state index in [0.29, 0.717) is 0 Å². The molecule has 0 aliphatic heterocycles. The standard InChI is InChI=1S/C12H19N3S/c1-15(8-4-2-5-8)12-14-11-9(13)6-3-7-10(11)16-12/h8-9H,2-7,13H2,1H3. The predicted molar refractivity (Wildman–Crippen MR) is 68.0 cm³/mol. The van der Waals surface area contributed by atoms with Crippen molar-refractivity contribution < 1.29 is 0 Å². The molecule has 1 fully saturated rings. The fraction of sp³-hybridized carbons (Fsp3) is 0.750. The van der Waals surface area contributed by atoms with E-state index in [1.807, 2.05) is 11.3 Å². The summed E-state index contributed by atoms with van der Waals surface area (Å²) in [6, 6.07) is 0.910. The first-order valence-electron chi connectivity index (χ1n) is 6.23. The third-order valence-electron chi connectivity index (χ3n) is 3.91. The normalized spacial score (nSPS) is 25.0. The van der Waals surface area contributed by atoms with Crippen LogP contribution in [0.3, 0.4) is 0 Å². The minimum atomic E-state index is 0.184. The summed E-state index contributed by atoms with van der Waals surface area (Å²) >= 11 is 1.86. The van der Waals surface area contributed by atoms with Crippen LogP contribution in [0.4, 0.5) is 5.13 Å². The average molecular weight is 237 g/mol. The van der Waals surface area contributed by atoms with Crippen molar-refractivity contribution in [2.45, 2.75) is 50.6 Å². The van der Waals surface area contributed by atoms with E-state index in [4.69, 9.17) is 10.7 Å². The van der Waals surface area contributed by atoms with Gasteiger partial charge in [-0.15, -0.1) is 11.3 Å². The van der Waals surface area contributed by atoms with Gasteiger partial charge in [0.2, 0.25) is 0 Å². The zero-order chi connectivity index (χ0) is 11.1. The SMILES string of the molecule is CN(c1nc2c(s1)CCCC2N)C1CCC1. The second-order valence-electron chi connectivity index (χ2n) is 5.00. The molecule has 3 rings (SSSR count). The molecule has 16 heavy (non-hydrogen) atoms. The summed E-state index contributed by atoms with van der Waals surface area (Å²) < 4.78 is 0. The zero-order valence-corrected chi connectivity index (χ0v) is 10.6. The summed E-state index contributed by atoms with van der Waals surface area (Å²) in [4.78, 5) is 8.54. The van der Waals surface area contributed by atoms with Crippen LogP contribution in [0.2, 0.25) is 0 Å². The van der Waals surface area contributed by atoms with E-state index in [1.165, 1.54) is 47.8 Å². The highest BCUT2D eigenvalue weighted by Gasteiger charge is 2.27. The van der Waals surface area contributed by atoms with Crippen molar-refractivity contribution in [3.8, 4) is 0 Å². The molecule has 1 heterocycles. The van der Waals surface area contributed by atoms with Crippen LogP contribution < -0.4 is 10.6 Å². The van der Waals surface area contributed by atoms with Crippen molar-refractivity contribution in [2.75, 3.05) is 11.9 Å². The Bertz CT molecular complexity index is 384. The predicted octanol–water partition coefficient (Wildman–Crippen LogP) is 2.47. The highest BCUT2D eigenvalue weighted by molar-refractivity contribution is 7.15. The summed E-state index contributed by atoms with van der Waals surface area (Å²) in [7, 11) is 2.18. The Morgan fingerprint density at radius 3 is 2.75 bits per heavy atom. The van der Waals surface area contributed by atoms with Gasteiger partial charge in [0.05, 0.1) is 5.69 Å². The molecule has 1 atom stereocenters. The van der Waals surface area contributed by atoms with Gasteiger partial charge in [0, 0.05) is 24.0 Å². The maximum Gasteiger partial charge on any atom is 0.185 e. The Hall–Kier alpha value is -0.610. The molecule has 2 N–H and O–H groups in total. The van der Waals surface area contributed by atoms with Gasteiger partial charge in [-0.3, -0.25) is 0 Å². The Balaban J connectivity index is 1.85. The fourth-order valence-electron chi connectivity index (χ4n) is 2.52. The second kappa shape index (κ2) is 4.00. The fourth-order valence-corrected chi connectivity index (χ4v) is 3.73. The molecule has 1 aromatic rings. The number of anilines is 1. The zero-order valence-electron chi connectivity index (χ0n) is 9.78. The van der Waals surface area contributed by atoms with E-state index in [1.54, 1.807) is 0 Å². The number of aryl methyl sites for hydroxylation is 1. The summed E-state index contributed by atoms with van der Waals surface area (Å²) in [5.74, 6) is 0. The minimum Gasteiger partial charge on any atom is -0.348 e. The van der Waals surface area contributed by atoms with Gasteiger partial charge < -0.3 is 10.6 Å². The number of nitrogens with two attached hydrogens (primary N) is 1. The molecular formula is C12H19N3S. The number of fused-ring (bicyclic) bond motifs is 1. The number of hydrogen-bond acceptors (Lipinski definition) is 4. The average Bonchev–Trinajstić information content (AvgIpc) is 2.60. The lowest BCUT2D eigenvalue weighted by Crippen LogP contribution is -2.37. The smallest absolute Gasteiger partial charge is 0.185 e.